The highest BCUT2D eigenvalue weighted by molar-refractivity contribution is 7.99. The lowest BCUT2D eigenvalue weighted by molar-refractivity contribution is 0.127. The molecule has 2 aliphatic rings. The third-order valence-electron chi connectivity index (χ3n) is 5.93. The number of rotatable bonds is 7. The molecule has 0 saturated carbocycles. The molecule has 0 aromatic heterocycles. The second kappa shape index (κ2) is 9.74. The molecule has 156 valence electrons. The largest absolute Gasteiger partial charge is 0.340 e. The maximum Gasteiger partial charge on any atom is 0.0567 e. The zero-order valence-electron chi connectivity index (χ0n) is 17.6. The summed E-state index contributed by atoms with van der Waals surface area (Å²) >= 11 is 8.18. The smallest absolute Gasteiger partial charge is 0.0567 e. The van der Waals surface area contributed by atoms with Crippen molar-refractivity contribution >= 4 is 34.7 Å². The van der Waals surface area contributed by atoms with E-state index in [9.17, 15) is 0 Å². The van der Waals surface area contributed by atoms with E-state index in [4.69, 9.17) is 11.6 Å². The van der Waals surface area contributed by atoms with Crippen LogP contribution in [0.2, 0.25) is 5.02 Å². The summed E-state index contributed by atoms with van der Waals surface area (Å²) < 4.78 is 0. The fraction of sp³-hybridized carbons (Fsp3) is 0.500. The summed E-state index contributed by atoms with van der Waals surface area (Å²) in [5.74, 6) is 0.801. The first-order valence-electron chi connectivity index (χ1n) is 10.9. The monoisotopic (exact) mass is 429 g/mol. The van der Waals surface area contributed by atoms with Gasteiger partial charge >= 0.3 is 0 Å². The molecule has 4 rings (SSSR count). The number of anilines is 2. The van der Waals surface area contributed by atoms with Crippen LogP contribution < -0.4 is 4.90 Å². The van der Waals surface area contributed by atoms with Crippen molar-refractivity contribution in [3.05, 3.63) is 47.5 Å². The van der Waals surface area contributed by atoms with E-state index in [1.165, 1.54) is 66.9 Å². The summed E-state index contributed by atoms with van der Waals surface area (Å²) in [5.41, 5.74) is 2.56. The summed E-state index contributed by atoms with van der Waals surface area (Å²) in [4.78, 5) is 10.4. The van der Waals surface area contributed by atoms with Crippen LogP contribution in [0.5, 0.6) is 0 Å². The van der Waals surface area contributed by atoms with E-state index in [0.29, 0.717) is 0 Å². The normalized spacial score (nSPS) is 17.4. The molecule has 5 heteroatoms. The summed E-state index contributed by atoms with van der Waals surface area (Å²) in [6.45, 7) is 12.9. The highest BCUT2D eigenvalue weighted by Crippen LogP contribution is 2.48. The first-order valence-corrected chi connectivity index (χ1v) is 12.1. The van der Waals surface area contributed by atoms with Gasteiger partial charge in [0.1, 0.15) is 0 Å². The first-order chi connectivity index (χ1) is 14.1. The van der Waals surface area contributed by atoms with Gasteiger partial charge in [-0.05, 0) is 62.2 Å². The number of nitrogens with zero attached hydrogens (tertiary/aromatic N) is 3. The van der Waals surface area contributed by atoms with E-state index in [2.05, 4.69) is 64.9 Å². The number of para-hydroxylation sites is 1. The Kier molecular flexibility index (Phi) is 7.07. The van der Waals surface area contributed by atoms with Gasteiger partial charge in [0.15, 0.2) is 0 Å². The quantitative estimate of drug-likeness (QED) is 0.533. The third kappa shape index (κ3) is 5.29. The third-order valence-corrected chi connectivity index (χ3v) is 7.30. The van der Waals surface area contributed by atoms with Crippen molar-refractivity contribution in [1.29, 1.82) is 0 Å². The van der Waals surface area contributed by atoms with Crippen molar-refractivity contribution in [3.63, 3.8) is 0 Å². The molecular formula is C24H32ClN3S. The van der Waals surface area contributed by atoms with Gasteiger partial charge in [-0.3, -0.25) is 0 Å². The van der Waals surface area contributed by atoms with Crippen molar-refractivity contribution < 1.29 is 0 Å². The van der Waals surface area contributed by atoms with E-state index >= 15 is 0 Å². The average Bonchev–Trinajstić information content (AvgIpc) is 2.73. The van der Waals surface area contributed by atoms with Crippen LogP contribution >= 0.6 is 23.4 Å². The van der Waals surface area contributed by atoms with Crippen molar-refractivity contribution in [2.24, 2.45) is 5.92 Å². The number of benzene rings is 2. The summed E-state index contributed by atoms with van der Waals surface area (Å²) in [6.07, 6.45) is 2.48. The van der Waals surface area contributed by atoms with Crippen molar-refractivity contribution in [2.75, 3.05) is 50.7 Å². The Morgan fingerprint density at radius 1 is 0.862 bits per heavy atom. The Hall–Kier alpha value is -1.20. The molecule has 0 atom stereocenters. The van der Waals surface area contributed by atoms with E-state index in [1.54, 1.807) is 0 Å². The lowest BCUT2D eigenvalue weighted by Gasteiger charge is -2.36. The molecule has 2 aromatic rings. The van der Waals surface area contributed by atoms with Crippen LogP contribution in [0.4, 0.5) is 11.4 Å². The highest BCUT2D eigenvalue weighted by Gasteiger charge is 2.24. The van der Waals surface area contributed by atoms with Gasteiger partial charge in [-0.15, -0.1) is 0 Å². The second-order valence-electron chi connectivity index (χ2n) is 8.55. The molecule has 1 saturated heterocycles. The highest BCUT2D eigenvalue weighted by atomic mass is 35.5. The van der Waals surface area contributed by atoms with Crippen LogP contribution in [0, 0.1) is 5.92 Å². The molecule has 0 unspecified atom stereocenters. The fourth-order valence-electron chi connectivity index (χ4n) is 4.17. The fourth-order valence-corrected chi connectivity index (χ4v) is 5.42. The molecule has 0 bridgehead atoms. The molecule has 29 heavy (non-hydrogen) atoms. The van der Waals surface area contributed by atoms with E-state index < -0.39 is 0 Å². The topological polar surface area (TPSA) is 9.72 Å². The molecule has 2 aromatic carbocycles. The number of hydrogen-bond acceptors (Lipinski definition) is 4. The van der Waals surface area contributed by atoms with Crippen LogP contribution in [0.3, 0.4) is 0 Å². The zero-order chi connectivity index (χ0) is 20.2. The maximum atomic E-state index is 6.33. The van der Waals surface area contributed by atoms with Gasteiger partial charge in [-0.25, -0.2) is 0 Å². The van der Waals surface area contributed by atoms with E-state index in [1.807, 2.05) is 17.8 Å². The molecule has 0 aliphatic carbocycles. The van der Waals surface area contributed by atoms with Crippen LogP contribution in [0.15, 0.2) is 52.3 Å². The standard InChI is InChI=1S/C24H32ClN3S/c1-19(2)10-13-27-16-14-26(15-17-27)11-5-12-28-21-6-3-4-7-23(21)29-24-9-8-20(25)18-22(24)28/h3-4,6-9,18-19H,5,10-17H2,1-2H3. The molecule has 0 amide bonds. The van der Waals surface area contributed by atoms with Gasteiger partial charge in [-0.1, -0.05) is 49.3 Å². The number of hydrogen-bond donors (Lipinski definition) is 0. The van der Waals surface area contributed by atoms with Crippen LogP contribution in [-0.4, -0.2) is 55.6 Å². The molecule has 1 fully saturated rings. The predicted octanol–water partition coefficient (Wildman–Crippen LogP) is 6.00. The summed E-state index contributed by atoms with van der Waals surface area (Å²) in [7, 11) is 0. The lowest BCUT2D eigenvalue weighted by Crippen LogP contribution is -2.47. The SMILES string of the molecule is CC(C)CCN1CCN(CCCN2c3ccccc3Sc3ccc(Cl)cc32)CC1. The Balaban J connectivity index is 1.34. The molecule has 2 aliphatic heterocycles. The summed E-state index contributed by atoms with van der Waals surface area (Å²) in [5, 5.41) is 0.811. The van der Waals surface area contributed by atoms with Crippen molar-refractivity contribution in [1.82, 2.24) is 9.80 Å². The maximum absolute atomic E-state index is 6.33. The molecular weight excluding hydrogens is 398 g/mol. The minimum Gasteiger partial charge on any atom is -0.340 e. The minimum absolute atomic E-state index is 0.801. The van der Waals surface area contributed by atoms with Gasteiger partial charge in [0.25, 0.3) is 0 Å². The Bertz CT molecular complexity index is 818. The second-order valence-corrected chi connectivity index (χ2v) is 10.1. The average molecular weight is 430 g/mol. The van der Waals surface area contributed by atoms with E-state index in [-0.39, 0.29) is 0 Å². The van der Waals surface area contributed by atoms with Gasteiger partial charge in [0, 0.05) is 47.5 Å². The molecule has 2 heterocycles. The Morgan fingerprint density at radius 3 is 2.31 bits per heavy atom. The number of halogens is 1. The van der Waals surface area contributed by atoms with Gasteiger partial charge < -0.3 is 14.7 Å². The molecule has 0 spiro atoms. The first kappa shape index (κ1) is 21.0. The van der Waals surface area contributed by atoms with Gasteiger partial charge in [-0.2, -0.15) is 0 Å². The van der Waals surface area contributed by atoms with Gasteiger partial charge in [0.05, 0.1) is 11.4 Å². The molecule has 0 radical (unpaired) electrons. The van der Waals surface area contributed by atoms with E-state index in [0.717, 1.165) is 23.9 Å². The van der Waals surface area contributed by atoms with Crippen molar-refractivity contribution in [3.8, 4) is 0 Å². The van der Waals surface area contributed by atoms with Crippen molar-refractivity contribution in [2.45, 2.75) is 36.5 Å². The van der Waals surface area contributed by atoms with Crippen LogP contribution in [0.25, 0.3) is 0 Å². The Morgan fingerprint density at radius 2 is 1.55 bits per heavy atom. The molecule has 0 N–H and O–H groups in total. The number of piperazine rings is 1. The predicted molar refractivity (Wildman–Crippen MR) is 126 cm³/mol. The van der Waals surface area contributed by atoms with Gasteiger partial charge in [0.2, 0.25) is 0 Å². The minimum atomic E-state index is 0.801. The Labute approximate surface area is 185 Å². The van der Waals surface area contributed by atoms with Crippen LogP contribution in [0.1, 0.15) is 26.7 Å². The molecule has 3 nitrogen and oxygen atoms in total. The lowest BCUT2D eigenvalue weighted by atomic mass is 10.1. The van der Waals surface area contributed by atoms with Crippen LogP contribution in [-0.2, 0) is 0 Å². The number of fused-ring (bicyclic) bond motifs is 2. The summed E-state index contributed by atoms with van der Waals surface area (Å²) in [6, 6.07) is 15.0. The zero-order valence-corrected chi connectivity index (χ0v) is 19.2.